The maximum atomic E-state index is 12.7. The molecule has 144 valence electrons. The van der Waals surface area contributed by atoms with Gasteiger partial charge in [-0.05, 0) is 49.6 Å². The molecule has 0 fully saturated rings. The Bertz CT molecular complexity index is 790. The SMILES string of the molecule is Cc1ccccc1OCCCN(C)C(=O)C(C)c1ccc2c(c1)OCCO2. The van der Waals surface area contributed by atoms with E-state index in [2.05, 4.69) is 0 Å². The number of carbonyl (C=O) groups excluding carboxylic acids is 1. The van der Waals surface area contributed by atoms with E-state index in [1.54, 1.807) is 4.90 Å². The molecular formula is C22H27NO4. The molecule has 0 aliphatic carbocycles. The van der Waals surface area contributed by atoms with Gasteiger partial charge in [0.1, 0.15) is 19.0 Å². The van der Waals surface area contributed by atoms with Gasteiger partial charge in [0, 0.05) is 13.6 Å². The molecule has 1 aliphatic heterocycles. The van der Waals surface area contributed by atoms with Gasteiger partial charge in [-0.2, -0.15) is 0 Å². The minimum atomic E-state index is -0.233. The number of aryl methyl sites for hydroxylation is 1. The largest absolute Gasteiger partial charge is 0.493 e. The summed E-state index contributed by atoms with van der Waals surface area (Å²) in [4.78, 5) is 14.5. The molecule has 1 atom stereocenters. The first kappa shape index (κ1) is 19.1. The van der Waals surface area contributed by atoms with Crippen LogP contribution in [0.3, 0.4) is 0 Å². The Labute approximate surface area is 160 Å². The zero-order valence-corrected chi connectivity index (χ0v) is 16.2. The Morgan fingerprint density at radius 3 is 2.67 bits per heavy atom. The van der Waals surface area contributed by atoms with Crippen molar-refractivity contribution in [3.63, 3.8) is 0 Å². The molecule has 0 radical (unpaired) electrons. The van der Waals surface area contributed by atoms with Crippen LogP contribution in [0.25, 0.3) is 0 Å². The highest BCUT2D eigenvalue weighted by Gasteiger charge is 2.21. The Morgan fingerprint density at radius 1 is 1.15 bits per heavy atom. The van der Waals surface area contributed by atoms with Crippen LogP contribution in [0.5, 0.6) is 17.2 Å². The molecule has 0 N–H and O–H groups in total. The fourth-order valence-corrected chi connectivity index (χ4v) is 3.11. The molecule has 2 aromatic rings. The van der Waals surface area contributed by atoms with Crippen LogP contribution in [0.15, 0.2) is 42.5 Å². The second-order valence-corrected chi connectivity index (χ2v) is 6.85. The highest BCUT2D eigenvalue weighted by molar-refractivity contribution is 5.83. The highest BCUT2D eigenvalue weighted by atomic mass is 16.6. The lowest BCUT2D eigenvalue weighted by Crippen LogP contribution is -2.32. The zero-order valence-electron chi connectivity index (χ0n) is 16.2. The summed E-state index contributed by atoms with van der Waals surface area (Å²) in [5.41, 5.74) is 2.06. The van der Waals surface area contributed by atoms with Crippen molar-refractivity contribution in [1.82, 2.24) is 4.90 Å². The van der Waals surface area contributed by atoms with Crippen LogP contribution >= 0.6 is 0 Å². The van der Waals surface area contributed by atoms with Crippen molar-refractivity contribution >= 4 is 5.91 Å². The molecule has 5 nitrogen and oxygen atoms in total. The average molecular weight is 369 g/mol. The molecule has 1 amide bonds. The van der Waals surface area contributed by atoms with E-state index in [1.807, 2.05) is 63.4 Å². The minimum absolute atomic E-state index is 0.0857. The van der Waals surface area contributed by atoms with Crippen molar-refractivity contribution in [3.8, 4) is 17.2 Å². The summed E-state index contributed by atoms with van der Waals surface area (Å²) < 4.78 is 17.0. The van der Waals surface area contributed by atoms with Gasteiger partial charge in [0.05, 0.1) is 12.5 Å². The first-order chi connectivity index (χ1) is 13.1. The lowest BCUT2D eigenvalue weighted by atomic mass is 9.99. The molecule has 0 spiro atoms. The smallest absolute Gasteiger partial charge is 0.229 e. The molecule has 0 saturated heterocycles. The van der Waals surface area contributed by atoms with Gasteiger partial charge in [-0.1, -0.05) is 24.3 Å². The number of hydrogen-bond acceptors (Lipinski definition) is 4. The third-order valence-electron chi connectivity index (χ3n) is 4.80. The molecule has 1 heterocycles. The number of fused-ring (bicyclic) bond motifs is 1. The van der Waals surface area contributed by atoms with E-state index >= 15 is 0 Å². The molecule has 1 aliphatic rings. The number of nitrogens with zero attached hydrogens (tertiary/aromatic N) is 1. The molecule has 3 rings (SSSR count). The van der Waals surface area contributed by atoms with Gasteiger partial charge >= 0.3 is 0 Å². The monoisotopic (exact) mass is 369 g/mol. The van der Waals surface area contributed by atoms with Crippen LogP contribution in [0.2, 0.25) is 0 Å². The highest BCUT2D eigenvalue weighted by Crippen LogP contribution is 2.33. The van der Waals surface area contributed by atoms with Crippen molar-refractivity contribution < 1.29 is 19.0 Å². The van der Waals surface area contributed by atoms with Gasteiger partial charge in [0.15, 0.2) is 11.5 Å². The topological polar surface area (TPSA) is 48.0 Å². The molecule has 2 aromatic carbocycles. The third kappa shape index (κ3) is 4.73. The fourth-order valence-electron chi connectivity index (χ4n) is 3.11. The Morgan fingerprint density at radius 2 is 1.89 bits per heavy atom. The maximum Gasteiger partial charge on any atom is 0.229 e. The quantitative estimate of drug-likeness (QED) is 0.697. The van der Waals surface area contributed by atoms with Crippen LogP contribution in [0, 0.1) is 6.92 Å². The van der Waals surface area contributed by atoms with Gasteiger partial charge in [0.2, 0.25) is 5.91 Å². The van der Waals surface area contributed by atoms with Crippen molar-refractivity contribution in [2.45, 2.75) is 26.2 Å². The number of para-hydroxylation sites is 1. The van der Waals surface area contributed by atoms with E-state index in [1.165, 1.54) is 0 Å². The lowest BCUT2D eigenvalue weighted by molar-refractivity contribution is -0.131. The summed E-state index contributed by atoms with van der Waals surface area (Å²) in [6.07, 6.45) is 0.782. The number of ether oxygens (including phenoxy) is 3. The van der Waals surface area contributed by atoms with Crippen LogP contribution in [0.1, 0.15) is 30.4 Å². The molecule has 0 saturated carbocycles. The van der Waals surface area contributed by atoms with Crippen molar-refractivity contribution in [2.24, 2.45) is 0 Å². The number of rotatable bonds is 7. The number of amides is 1. The maximum absolute atomic E-state index is 12.7. The molecule has 0 aromatic heterocycles. The summed E-state index contributed by atoms with van der Waals surface area (Å²) in [6.45, 7) is 6.29. The predicted molar refractivity (Wildman–Crippen MR) is 105 cm³/mol. The average Bonchev–Trinajstić information content (AvgIpc) is 2.70. The van der Waals surface area contributed by atoms with Gasteiger partial charge in [-0.3, -0.25) is 4.79 Å². The second kappa shape index (κ2) is 8.80. The minimum Gasteiger partial charge on any atom is -0.493 e. The Balaban J connectivity index is 1.50. The van der Waals surface area contributed by atoms with Crippen LogP contribution in [-0.2, 0) is 4.79 Å². The Hall–Kier alpha value is -2.69. The normalized spacial score (nSPS) is 13.7. The van der Waals surface area contributed by atoms with E-state index in [4.69, 9.17) is 14.2 Å². The molecule has 1 unspecified atom stereocenters. The van der Waals surface area contributed by atoms with Crippen LogP contribution in [-0.4, -0.2) is 44.2 Å². The van der Waals surface area contributed by atoms with E-state index in [0.29, 0.717) is 32.1 Å². The zero-order chi connectivity index (χ0) is 19.2. The van der Waals surface area contributed by atoms with E-state index < -0.39 is 0 Å². The van der Waals surface area contributed by atoms with E-state index in [0.717, 1.165) is 29.0 Å². The van der Waals surface area contributed by atoms with Gasteiger partial charge in [-0.25, -0.2) is 0 Å². The van der Waals surface area contributed by atoms with E-state index in [9.17, 15) is 4.79 Å². The second-order valence-electron chi connectivity index (χ2n) is 6.85. The third-order valence-corrected chi connectivity index (χ3v) is 4.80. The van der Waals surface area contributed by atoms with Crippen molar-refractivity contribution in [3.05, 3.63) is 53.6 Å². The molecule has 27 heavy (non-hydrogen) atoms. The fraction of sp³-hybridized carbons (Fsp3) is 0.409. The number of carbonyl (C=O) groups is 1. The first-order valence-corrected chi connectivity index (χ1v) is 9.39. The number of likely N-dealkylation sites (N-methyl/N-ethyl adjacent to an activating group) is 1. The summed E-state index contributed by atoms with van der Waals surface area (Å²) in [6, 6.07) is 13.7. The summed E-state index contributed by atoms with van der Waals surface area (Å²) in [5.74, 6) is 2.21. The van der Waals surface area contributed by atoms with Gasteiger partial charge in [0.25, 0.3) is 0 Å². The Kier molecular flexibility index (Phi) is 6.22. The van der Waals surface area contributed by atoms with Gasteiger partial charge in [-0.15, -0.1) is 0 Å². The summed E-state index contributed by atoms with van der Waals surface area (Å²) in [5, 5.41) is 0. The summed E-state index contributed by atoms with van der Waals surface area (Å²) in [7, 11) is 1.84. The van der Waals surface area contributed by atoms with Crippen LogP contribution < -0.4 is 14.2 Å². The molecular weight excluding hydrogens is 342 g/mol. The standard InChI is InChI=1S/C22H27NO4/c1-16-7-4-5-8-19(16)25-12-6-11-23(3)22(24)17(2)18-9-10-20-21(15-18)27-14-13-26-20/h4-5,7-10,15,17H,6,11-14H2,1-3H3. The van der Waals surface area contributed by atoms with Crippen LogP contribution in [0.4, 0.5) is 0 Å². The number of hydrogen-bond donors (Lipinski definition) is 0. The lowest BCUT2D eigenvalue weighted by Gasteiger charge is -2.23. The van der Waals surface area contributed by atoms with Crippen molar-refractivity contribution in [2.75, 3.05) is 33.4 Å². The summed E-state index contributed by atoms with van der Waals surface area (Å²) >= 11 is 0. The van der Waals surface area contributed by atoms with Crippen molar-refractivity contribution in [1.29, 1.82) is 0 Å². The number of benzene rings is 2. The molecule has 5 heteroatoms. The van der Waals surface area contributed by atoms with Gasteiger partial charge < -0.3 is 19.1 Å². The first-order valence-electron chi connectivity index (χ1n) is 9.39. The van der Waals surface area contributed by atoms with E-state index in [-0.39, 0.29) is 11.8 Å². The molecule has 0 bridgehead atoms. The predicted octanol–water partition coefficient (Wildman–Crippen LogP) is 3.80.